The fourth-order valence-corrected chi connectivity index (χ4v) is 2.22. The molecule has 76 valence electrons. The molecule has 1 aliphatic heterocycles. The van der Waals surface area contributed by atoms with Crippen molar-refractivity contribution in [3.63, 3.8) is 0 Å². The Bertz CT molecular complexity index is 157. The molecular formula is C11H22N2. The third-order valence-electron chi connectivity index (χ3n) is 3.57. The molecule has 2 rings (SSSR count). The van der Waals surface area contributed by atoms with Gasteiger partial charge in [0.1, 0.15) is 0 Å². The van der Waals surface area contributed by atoms with Crippen molar-refractivity contribution >= 4 is 0 Å². The first-order valence-corrected chi connectivity index (χ1v) is 5.73. The van der Waals surface area contributed by atoms with Crippen molar-refractivity contribution in [2.24, 2.45) is 17.6 Å². The summed E-state index contributed by atoms with van der Waals surface area (Å²) in [5.41, 5.74) is 6.10. The zero-order valence-electron chi connectivity index (χ0n) is 8.71. The summed E-state index contributed by atoms with van der Waals surface area (Å²) in [5, 5.41) is 0. The van der Waals surface area contributed by atoms with Crippen molar-refractivity contribution in [2.75, 3.05) is 19.6 Å². The third kappa shape index (κ3) is 2.68. The van der Waals surface area contributed by atoms with Crippen LogP contribution in [0.2, 0.25) is 0 Å². The van der Waals surface area contributed by atoms with Crippen LogP contribution >= 0.6 is 0 Å². The van der Waals surface area contributed by atoms with Crippen LogP contribution in [0.4, 0.5) is 0 Å². The van der Waals surface area contributed by atoms with Crippen molar-refractivity contribution in [2.45, 2.75) is 38.6 Å². The fourth-order valence-electron chi connectivity index (χ4n) is 2.22. The Morgan fingerprint density at radius 2 is 1.85 bits per heavy atom. The van der Waals surface area contributed by atoms with Gasteiger partial charge in [0.05, 0.1) is 0 Å². The van der Waals surface area contributed by atoms with E-state index in [1.165, 1.54) is 38.8 Å². The zero-order valence-corrected chi connectivity index (χ0v) is 8.71. The second-order valence-corrected chi connectivity index (χ2v) is 4.98. The van der Waals surface area contributed by atoms with Gasteiger partial charge in [0.25, 0.3) is 0 Å². The molecule has 1 saturated carbocycles. The summed E-state index contributed by atoms with van der Waals surface area (Å²) < 4.78 is 0. The maximum atomic E-state index is 6.10. The topological polar surface area (TPSA) is 29.3 Å². The summed E-state index contributed by atoms with van der Waals surface area (Å²) in [6, 6.07) is 0.466. The van der Waals surface area contributed by atoms with Crippen LogP contribution in [0.1, 0.15) is 32.6 Å². The van der Waals surface area contributed by atoms with Crippen molar-refractivity contribution in [1.29, 1.82) is 0 Å². The molecule has 0 aromatic carbocycles. The second-order valence-electron chi connectivity index (χ2n) is 4.98. The van der Waals surface area contributed by atoms with E-state index in [0.29, 0.717) is 6.04 Å². The van der Waals surface area contributed by atoms with Gasteiger partial charge >= 0.3 is 0 Å². The number of hydrogen-bond donors (Lipinski definition) is 1. The Kier molecular flexibility index (Phi) is 2.89. The van der Waals surface area contributed by atoms with Gasteiger partial charge in [-0.05, 0) is 50.6 Å². The van der Waals surface area contributed by atoms with E-state index in [1.54, 1.807) is 0 Å². The first kappa shape index (κ1) is 9.47. The van der Waals surface area contributed by atoms with Gasteiger partial charge in [0.2, 0.25) is 0 Å². The summed E-state index contributed by atoms with van der Waals surface area (Å²) in [4.78, 5) is 2.56. The Balaban J connectivity index is 1.69. The molecule has 2 fully saturated rings. The molecule has 1 heterocycles. The molecule has 0 aromatic rings. The molecule has 2 heteroatoms. The molecule has 1 aliphatic carbocycles. The molecule has 13 heavy (non-hydrogen) atoms. The molecule has 2 aliphatic rings. The SMILES string of the molecule is CC1CCN(CC(N)C2CC2)CC1. The van der Waals surface area contributed by atoms with Crippen molar-refractivity contribution < 1.29 is 0 Å². The first-order valence-electron chi connectivity index (χ1n) is 5.73. The van der Waals surface area contributed by atoms with Crippen molar-refractivity contribution in [3.05, 3.63) is 0 Å². The molecule has 2 nitrogen and oxygen atoms in total. The van der Waals surface area contributed by atoms with E-state index >= 15 is 0 Å². The summed E-state index contributed by atoms with van der Waals surface area (Å²) in [7, 11) is 0. The van der Waals surface area contributed by atoms with E-state index in [-0.39, 0.29) is 0 Å². The van der Waals surface area contributed by atoms with E-state index in [9.17, 15) is 0 Å². The number of nitrogens with zero attached hydrogens (tertiary/aromatic N) is 1. The van der Waals surface area contributed by atoms with E-state index in [1.807, 2.05) is 0 Å². The average Bonchev–Trinajstić information content (AvgIpc) is 2.91. The number of nitrogens with two attached hydrogens (primary N) is 1. The van der Waals surface area contributed by atoms with Crippen LogP contribution < -0.4 is 5.73 Å². The Hall–Kier alpha value is -0.0800. The fraction of sp³-hybridized carbons (Fsp3) is 1.00. The molecule has 0 radical (unpaired) electrons. The van der Waals surface area contributed by atoms with E-state index in [2.05, 4.69) is 11.8 Å². The lowest BCUT2D eigenvalue weighted by molar-refractivity contribution is 0.178. The zero-order chi connectivity index (χ0) is 9.26. The molecular weight excluding hydrogens is 160 g/mol. The quantitative estimate of drug-likeness (QED) is 0.716. The number of hydrogen-bond acceptors (Lipinski definition) is 2. The minimum Gasteiger partial charge on any atom is -0.326 e. The molecule has 0 bridgehead atoms. The highest BCUT2D eigenvalue weighted by atomic mass is 15.1. The molecule has 0 aromatic heterocycles. The molecule has 1 saturated heterocycles. The normalized spacial score (nSPS) is 29.1. The van der Waals surface area contributed by atoms with Crippen molar-refractivity contribution in [1.82, 2.24) is 4.90 Å². The molecule has 0 amide bonds. The molecule has 0 spiro atoms. The lowest BCUT2D eigenvalue weighted by Gasteiger charge is -2.32. The summed E-state index contributed by atoms with van der Waals surface area (Å²) in [5.74, 6) is 1.80. The van der Waals surface area contributed by atoms with E-state index < -0.39 is 0 Å². The van der Waals surface area contributed by atoms with Gasteiger partial charge in [0.15, 0.2) is 0 Å². The van der Waals surface area contributed by atoms with Gasteiger partial charge < -0.3 is 10.6 Å². The summed E-state index contributed by atoms with van der Waals surface area (Å²) in [6.45, 7) is 6.07. The average molecular weight is 182 g/mol. The van der Waals surface area contributed by atoms with Crippen LogP contribution in [0, 0.1) is 11.8 Å². The van der Waals surface area contributed by atoms with Gasteiger partial charge in [-0.1, -0.05) is 6.92 Å². The predicted molar refractivity (Wildman–Crippen MR) is 55.5 cm³/mol. The van der Waals surface area contributed by atoms with Crippen LogP contribution in [0.25, 0.3) is 0 Å². The maximum Gasteiger partial charge on any atom is 0.0196 e. The van der Waals surface area contributed by atoms with Crippen LogP contribution in [-0.2, 0) is 0 Å². The van der Waals surface area contributed by atoms with Crippen LogP contribution in [-0.4, -0.2) is 30.6 Å². The first-order chi connectivity index (χ1) is 6.25. The summed E-state index contributed by atoms with van der Waals surface area (Å²) >= 11 is 0. The maximum absolute atomic E-state index is 6.10. The van der Waals surface area contributed by atoms with E-state index in [0.717, 1.165) is 18.4 Å². The lowest BCUT2D eigenvalue weighted by atomic mass is 9.98. The standard InChI is InChI=1S/C11H22N2/c1-9-4-6-13(7-5-9)8-11(12)10-2-3-10/h9-11H,2-8,12H2,1H3. The third-order valence-corrected chi connectivity index (χ3v) is 3.57. The van der Waals surface area contributed by atoms with Gasteiger partial charge in [0, 0.05) is 12.6 Å². The molecule has 2 N–H and O–H groups in total. The van der Waals surface area contributed by atoms with Crippen LogP contribution in [0.15, 0.2) is 0 Å². The van der Waals surface area contributed by atoms with Gasteiger partial charge in [-0.25, -0.2) is 0 Å². The van der Waals surface area contributed by atoms with Gasteiger partial charge in [-0.3, -0.25) is 0 Å². The van der Waals surface area contributed by atoms with E-state index in [4.69, 9.17) is 5.73 Å². The Labute approximate surface area is 81.5 Å². The summed E-state index contributed by atoms with van der Waals surface area (Å²) in [6.07, 6.45) is 5.51. The monoisotopic (exact) mass is 182 g/mol. The van der Waals surface area contributed by atoms with Crippen LogP contribution in [0.3, 0.4) is 0 Å². The number of likely N-dealkylation sites (tertiary alicyclic amines) is 1. The largest absolute Gasteiger partial charge is 0.326 e. The number of rotatable bonds is 3. The molecule has 1 atom stereocenters. The second kappa shape index (κ2) is 3.97. The number of piperidine rings is 1. The minimum absolute atomic E-state index is 0.466. The van der Waals surface area contributed by atoms with Crippen LogP contribution in [0.5, 0.6) is 0 Å². The highest BCUT2D eigenvalue weighted by molar-refractivity contribution is 4.86. The lowest BCUT2D eigenvalue weighted by Crippen LogP contribution is -2.42. The minimum atomic E-state index is 0.466. The predicted octanol–water partition coefficient (Wildman–Crippen LogP) is 1.46. The Morgan fingerprint density at radius 3 is 2.38 bits per heavy atom. The highest BCUT2D eigenvalue weighted by Gasteiger charge is 2.30. The van der Waals surface area contributed by atoms with Gasteiger partial charge in [-0.2, -0.15) is 0 Å². The smallest absolute Gasteiger partial charge is 0.0196 e. The van der Waals surface area contributed by atoms with Crippen molar-refractivity contribution in [3.8, 4) is 0 Å². The van der Waals surface area contributed by atoms with Gasteiger partial charge in [-0.15, -0.1) is 0 Å². The molecule has 1 unspecified atom stereocenters. The Morgan fingerprint density at radius 1 is 1.23 bits per heavy atom. The highest BCUT2D eigenvalue weighted by Crippen LogP contribution is 2.32.